The first-order valence-electron chi connectivity index (χ1n) is 6.50. The molecule has 1 fully saturated rings. The van der Waals surface area contributed by atoms with Gasteiger partial charge in [-0.1, -0.05) is 26.7 Å². The van der Waals surface area contributed by atoms with Gasteiger partial charge in [-0.2, -0.15) is 0 Å². The molecule has 1 saturated heterocycles. The van der Waals surface area contributed by atoms with Crippen molar-refractivity contribution in [1.82, 2.24) is 5.32 Å². The van der Waals surface area contributed by atoms with Crippen LogP contribution in [0.5, 0.6) is 0 Å². The normalized spacial score (nSPS) is 25.8. The molecular weight excluding hydrogens is 222 g/mol. The number of unbranched alkanes of at least 4 members (excludes halogenated alkanes) is 1. The van der Waals surface area contributed by atoms with Crippen LogP contribution in [0.15, 0.2) is 0 Å². The van der Waals surface area contributed by atoms with Crippen LogP contribution in [0.1, 0.15) is 39.5 Å². The molecule has 0 aliphatic carbocycles. The predicted octanol–water partition coefficient (Wildman–Crippen LogP) is 1.84. The van der Waals surface area contributed by atoms with E-state index in [2.05, 4.69) is 19.2 Å². The molecule has 0 spiro atoms. The molecule has 0 aromatic rings. The van der Waals surface area contributed by atoms with Gasteiger partial charge in [-0.05, 0) is 37.8 Å². The molecule has 1 rings (SSSR count). The quantitative estimate of drug-likeness (QED) is 0.746. The Morgan fingerprint density at radius 3 is 2.62 bits per heavy atom. The van der Waals surface area contributed by atoms with E-state index in [1.54, 1.807) is 0 Å². The van der Waals surface area contributed by atoms with Gasteiger partial charge in [-0.3, -0.25) is 0 Å². The molecule has 1 heterocycles. The molecule has 96 valence electrons. The highest BCUT2D eigenvalue weighted by molar-refractivity contribution is 7.91. The van der Waals surface area contributed by atoms with E-state index >= 15 is 0 Å². The maximum absolute atomic E-state index is 11.5. The molecule has 0 aromatic heterocycles. The lowest BCUT2D eigenvalue weighted by atomic mass is 9.87. The molecule has 0 aromatic carbocycles. The van der Waals surface area contributed by atoms with Crippen LogP contribution in [0.3, 0.4) is 0 Å². The molecule has 1 aliphatic heterocycles. The summed E-state index contributed by atoms with van der Waals surface area (Å²) in [6.45, 7) is 6.25. The van der Waals surface area contributed by atoms with Crippen molar-refractivity contribution in [2.45, 2.75) is 39.5 Å². The molecule has 2 unspecified atom stereocenters. The topological polar surface area (TPSA) is 46.2 Å². The number of hydrogen-bond acceptors (Lipinski definition) is 3. The second-order valence-corrected chi connectivity index (χ2v) is 7.10. The average molecular weight is 247 g/mol. The van der Waals surface area contributed by atoms with Crippen LogP contribution in [0.25, 0.3) is 0 Å². The molecule has 1 aliphatic rings. The number of hydrogen-bond donors (Lipinski definition) is 1. The lowest BCUT2D eigenvalue weighted by molar-refractivity contribution is 0.320. The Bertz CT molecular complexity index is 279. The highest BCUT2D eigenvalue weighted by Crippen LogP contribution is 2.29. The Morgan fingerprint density at radius 2 is 2.12 bits per heavy atom. The van der Waals surface area contributed by atoms with E-state index in [4.69, 9.17) is 0 Å². The van der Waals surface area contributed by atoms with E-state index in [1.807, 2.05) is 0 Å². The van der Waals surface area contributed by atoms with E-state index in [0.29, 0.717) is 23.3 Å². The van der Waals surface area contributed by atoms with Crippen molar-refractivity contribution < 1.29 is 8.42 Å². The van der Waals surface area contributed by atoms with Gasteiger partial charge in [-0.25, -0.2) is 8.42 Å². The molecule has 3 nitrogen and oxygen atoms in total. The van der Waals surface area contributed by atoms with Crippen LogP contribution in [-0.4, -0.2) is 33.0 Å². The van der Waals surface area contributed by atoms with Crippen molar-refractivity contribution in [3.63, 3.8) is 0 Å². The smallest absolute Gasteiger partial charge is 0.150 e. The molecule has 1 N–H and O–H groups in total. The maximum atomic E-state index is 11.5. The van der Waals surface area contributed by atoms with Gasteiger partial charge in [0, 0.05) is 0 Å². The highest BCUT2D eigenvalue weighted by Gasteiger charge is 2.32. The first-order valence-corrected chi connectivity index (χ1v) is 8.32. The van der Waals surface area contributed by atoms with Crippen LogP contribution in [0.2, 0.25) is 0 Å². The van der Waals surface area contributed by atoms with Gasteiger partial charge in [-0.15, -0.1) is 0 Å². The highest BCUT2D eigenvalue weighted by atomic mass is 32.2. The summed E-state index contributed by atoms with van der Waals surface area (Å²) in [5, 5.41) is 3.37. The Kier molecular flexibility index (Phi) is 5.76. The summed E-state index contributed by atoms with van der Waals surface area (Å²) in [6, 6.07) is 0. The van der Waals surface area contributed by atoms with Crippen molar-refractivity contribution in [1.29, 1.82) is 0 Å². The standard InChI is InChI=1S/C12H25NO2S/c1-3-5-6-11(9-13-4-2)12-7-8-16(14,15)10-12/h11-13H,3-10H2,1-2H3. The Labute approximate surface area is 99.9 Å². The zero-order valence-corrected chi connectivity index (χ0v) is 11.4. The fourth-order valence-electron chi connectivity index (χ4n) is 2.50. The Balaban J connectivity index is 2.48. The van der Waals surface area contributed by atoms with E-state index in [0.717, 1.165) is 19.5 Å². The van der Waals surface area contributed by atoms with E-state index in [9.17, 15) is 8.42 Å². The number of nitrogens with one attached hydrogen (secondary N) is 1. The third-order valence-corrected chi connectivity index (χ3v) is 5.31. The molecule has 0 bridgehead atoms. The fraction of sp³-hybridized carbons (Fsp3) is 1.00. The predicted molar refractivity (Wildman–Crippen MR) is 68.3 cm³/mol. The van der Waals surface area contributed by atoms with Gasteiger partial charge in [0.1, 0.15) is 0 Å². The van der Waals surface area contributed by atoms with Crippen molar-refractivity contribution in [3.05, 3.63) is 0 Å². The summed E-state index contributed by atoms with van der Waals surface area (Å²) in [5.74, 6) is 1.78. The van der Waals surface area contributed by atoms with Crippen molar-refractivity contribution in [3.8, 4) is 0 Å². The average Bonchev–Trinajstić information content (AvgIpc) is 2.59. The minimum absolute atomic E-state index is 0.399. The molecular formula is C12H25NO2S. The minimum Gasteiger partial charge on any atom is -0.317 e. The Morgan fingerprint density at radius 1 is 1.38 bits per heavy atom. The SMILES string of the molecule is CCCCC(CNCC)C1CCS(=O)(=O)C1. The van der Waals surface area contributed by atoms with E-state index in [1.165, 1.54) is 19.3 Å². The molecule has 0 radical (unpaired) electrons. The third-order valence-electron chi connectivity index (χ3n) is 3.52. The monoisotopic (exact) mass is 247 g/mol. The van der Waals surface area contributed by atoms with Crippen molar-refractivity contribution in [2.24, 2.45) is 11.8 Å². The maximum Gasteiger partial charge on any atom is 0.150 e. The zero-order valence-electron chi connectivity index (χ0n) is 10.5. The van der Waals surface area contributed by atoms with Crippen molar-refractivity contribution >= 4 is 9.84 Å². The Hall–Kier alpha value is -0.0900. The molecule has 4 heteroatoms. The number of rotatable bonds is 7. The summed E-state index contributed by atoms with van der Waals surface area (Å²) in [6.07, 6.45) is 4.46. The van der Waals surface area contributed by atoms with E-state index < -0.39 is 9.84 Å². The molecule has 0 amide bonds. The lowest BCUT2D eigenvalue weighted by Crippen LogP contribution is -2.29. The van der Waals surface area contributed by atoms with Gasteiger partial charge in [0.25, 0.3) is 0 Å². The van der Waals surface area contributed by atoms with Gasteiger partial charge in [0.15, 0.2) is 9.84 Å². The lowest BCUT2D eigenvalue weighted by Gasteiger charge is -2.22. The van der Waals surface area contributed by atoms with Gasteiger partial charge >= 0.3 is 0 Å². The second kappa shape index (κ2) is 6.60. The van der Waals surface area contributed by atoms with Crippen LogP contribution < -0.4 is 5.32 Å². The minimum atomic E-state index is -2.72. The fourth-order valence-corrected chi connectivity index (χ4v) is 4.42. The van der Waals surface area contributed by atoms with Crippen LogP contribution >= 0.6 is 0 Å². The summed E-state index contributed by atoms with van der Waals surface area (Å²) in [7, 11) is -2.72. The summed E-state index contributed by atoms with van der Waals surface area (Å²) >= 11 is 0. The van der Waals surface area contributed by atoms with Crippen LogP contribution in [0.4, 0.5) is 0 Å². The van der Waals surface area contributed by atoms with Crippen LogP contribution in [-0.2, 0) is 9.84 Å². The van der Waals surface area contributed by atoms with Crippen LogP contribution in [0, 0.1) is 11.8 Å². The first-order chi connectivity index (χ1) is 7.59. The number of sulfone groups is 1. The first kappa shape index (κ1) is 14.0. The third kappa shape index (κ3) is 4.42. The summed E-state index contributed by atoms with van der Waals surface area (Å²) in [5.41, 5.74) is 0. The second-order valence-electron chi connectivity index (χ2n) is 4.87. The molecule has 16 heavy (non-hydrogen) atoms. The van der Waals surface area contributed by atoms with Gasteiger partial charge in [0.05, 0.1) is 11.5 Å². The van der Waals surface area contributed by atoms with Crippen molar-refractivity contribution in [2.75, 3.05) is 24.6 Å². The zero-order chi connectivity index (χ0) is 12.0. The summed E-state index contributed by atoms with van der Waals surface area (Å²) in [4.78, 5) is 0. The largest absolute Gasteiger partial charge is 0.317 e. The van der Waals surface area contributed by atoms with Gasteiger partial charge in [0.2, 0.25) is 0 Å². The van der Waals surface area contributed by atoms with E-state index in [-0.39, 0.29) is 0 Å². The molecule has 2 atom stereocenters. The van der Waals surface area contributed by atoms with Gasteiger partial charge < -0.3 is 5.32 Å². The summed E-state index contributed by atoms with van der Waals surface area (Å²) < 4.78 is 22.9. The molecule has 0 saturated carbocycles.